The number of phenolic OH excluding ortho intramolecular Hbond substituents is 1. The van der Waals surface area contributed by atoms with Crippen molar-refractivity contribution in [3.63, 3.8) is 0 Å². The molecule has 0 spiro atoms. The van der Waals surface area contributed by atoms with Crippen LogP contribution in [0, 0.1) is 0 Å². The quantitative estimate of drug-likeness (QED) is 0.871. The van der Waals surface area contributed by atoms with Crippen molar-refractivity contribution < 1.29 is 14.6 Å². The molecule has 4 nitrogen and oxygen atoms in total. The Hall–Kier alpha value is -0.940. The number of aromatic hydroxyl groups is 1. The second-order valence-electron chi connectivity index (χ2n) is 4.46. The van der Waals surface area contributed by atoms with E-state index >= 15 is 0 Å². The van der Waals surface area contributed by atoms with Crippen molar-refractivity contribution in [2.24, 2.45) is 5.73 Å². The van der Waals surface area contributed by atoms with Crippen molar-refractivity contribution in [2.45, 2.75) is 24.8 Å². The third-order valence-electron chi connectivity index (χ3n) is 3.11. The summed E-state index contributed by atoms with van der Waals surface area (Å²) in [7, 11) is 0. The Balaban J connectivity index is 2.07. The molecule has 1 aliphatic heterocycles. The largest absolute Gasteiger partial charge is 0.506 e. The lowest BCUT2D eigenvalue weighted by Crippen LogP contribution is -2.24. The summed E-state index contributed by atoms with van der Waals surface area (Å²) in [6.45, 7) is 0.204. The molecule has 0 atom stereocenters. The molecule has 5 heteroatoms. The summed E-state index contributed by atoms with van der Waals surface area (Å²) < 4.78 is 11.3. The van der Waals surface area contributed by atoms with E-state index in [0.717, 1.165) is 18.4 Å². The molecule has 16 heavy (non-hydrogen) atoms. The molecule has 0 saturated heterocycles. The predicted octanol–water partition coefficient (Wildman–Crippen LogP) is 1.92. The summed E-state index contributed by atoms with van der Waals surface area (Å²) in [6.07, 6.45) is 2.62. The van der Waals surface area contributed by atoms with Crippen molar-refractivity contribution >= 4 is 15.9 Å². The molecule has 1 aromatic carbocycles. The van der Waals surface area contributed by atoms with Gasteiger partial charge >= 0.3 is 0 Å². The van der Waals surface area contributed by atoms with E-state index < -0.39 is 0 Å². The van der Waals surface area contributed by atoms with Gasteiger partial charge in [0.1, 0.15) is 5.75 Å². The van der Waals surface area contributed by atoms with Crippen LogP contribution in [0.5, 0.6) is 17.2 Å². The molecule has 0 unspecified atom stereocenters. The SMILES string of the molecule is NC1(Cc2c(O)c(Br)cc3c2OCO3)CC1. The van der Waals surface area contributed by atoms with Crippen molar-refractivity contribution in [1.82, 2.24) is 0 Å². The fraction of sp³-hybridized carbons (Fsp3) is 0.455. The number of hydrogen-bond acceptors (Lipinski definition) is 4. The number of hydrogen-bond donors (Lipinski definition) is 2. The first kappa shape index (κ1) is 10.2. The lowest BCUT2D eigenvalue weighted by Gasteiger charge is -2.13. The summed E-state index contributed by atoms with van der Waals surface area (Å²) in [5, 5.41) is 10.0. The van der Waals surface area contributed by atoms with Gasteiger partial charge in [0.15, 0.2) is 11.5 Å². The Labute approximate surface area is 101 Å². The van der Waals surface area contributed by atoms with Gasteiger partial charge < -0.3 is 20.3 Å². The van der Waals surface area contributed by atoms with Gasteiger partial charge in [-0.2, -0.15) is 0 Å². The maximum atomic E-state index is 10.0. The molecular weight excluding hydrogens is 274 g/mol. The van der Waals surface area contributed by atoms with Crippen molar-refractivity contribution in [3.8, 4) is 17.2 Å². The number of halogens is 1. The minimum Gasteiger partial charge on any atom is -0.506 e. The van der Waals surface area contributed by atoms with Crippen molar-refractivity contribution in [1.29, 1.82) is 0 Å². The molecule has 0 amide bonds. The van der Waals surface area contributed by atoms with Gasteiger partial charge in [0, 0.05) is 17.2 Å². The van der Waals surface area contributed by atoms with E-state index in [9.17, 15) is 5.11 Å². The van der Waals surface area contributed by atoms with E-state index in [1.165, 1.54) is 0 Å². The van der Waals surface area contributed by atoms with Crippen LogP contribution < -0.4 is 15.2 Å². The monoisotopic (exact) mass is 285 g/mol. The summed E-state index contributed by atoms with van der Waals surface area (Å²) in [6, 6.07) is 1.72. The highest BCUT2D eigenvalue weighted by Crippen LogP contribution is 2.48. The molecular formula is C11H12BrNO3. The van der Waals surface area contributed by atoms with Gasteiger partial charge in [0.05, 0.1) is 4.47 Å². The van der Waals surface area contributed by atoms with Gasteiger partial charge in [-0.15, -0.1) is 0 Å². The predicted molar refractivity (Wildman–Crippen MR) is 61.8 cm³/mol. The smallest absolute Gasteiger partial charge is 0.231 e. The molecule has 3 rings (SSSR count). The van der Waals surface area contributed by atoms with Crippen LogP contribution in [0.15, 0.2) is 10.5 Å². The maximum Gasteiger partial charge on any atom is 0.231 e. The summed E-state index contributed by atoms with van der Waals surface area (Å²) in [4.78, 5) is 0. The van der Waals surface area contributed by atoms with Crippen LogP contribution in [0.4, 0.5) is 0 Å². The van der Waals surface area contributed by atoms with Crippen LogP contribution in [-0.2, 0) is 6.42 Å². The summed E-state index contributed by atoms with van der Waals surface area (Å²) in [5.41, 5.74) is 6.65. The Kier molecular flexibility index (Phi) is 2.09. The Bertz CT molecular complexity index is 457. The van der Waals surface area contributed by atoms with E-state index in [-0.39, 0.29) is 18.1 Å². The zero-order valence-electron chi connectivity index (χ0n) is 8.62. The van der Waals surface area contributed by atoms with Crippen LogP contribution in [0.25, 0.3) is 0 Å². The topological polar surface area (TPSA) is 64.7 Å². The first-order chi connectivity index (χ1) is 7.59. The van der Waals surface area contributed by atoms with Crippen molar-refractivity contribution in [3.05, 3.63) is 16.1 Å². The molecule has 1 aliphatic carbocycles. The van der Waals surface area contributed by atoms with Gasteiger partial charge in [-0.1, -0.05) is 0 Å². The van der Waals surface area contributed by atoms with Crippen LogP contribution in [0.2, 0.25) is 0 Å². The van der Waals surface area contributed by atoms with E-state index in [4.69, 9.17) is 15.2 Å². The highest BCUT2D eigenvalue weighted by Gasteiger charge is 2.40. The lowest BCUT2D eigenvalue weighted by atomic mass is 10.0. The Morgan fingerprint density at radius 3 is 2.88 bits per heavy atom. The second-order valence-corrected chi connectivity index (χ2v) is 5.31. The zero-order valence-corrected chi connectivity index (χ0v) is 10.2. The first-order valence-corrected chi connectivity index (χ1v) is 5.97. The standard InChI is InChI=1S/C11H12BrNO3/c12-7-3-8-10(16-5-15-8)6(9(7)14)4-11(13)1-2-11/h3,14H,1-2,4-5,13H2. The Morgan fingerprint density at radius 2 is 2.19 bits per heavy atom. The van der Waals surface area contributed by atoms with E-state index in [1.54, 1.807) is 6.07 Å². The second kappa shape index (κ2) is 3.28. The molecule has 2 aliphatic rings. The van der Waals surface area contributed by atoms with Crippen LogP contribution in [0.3, 0.4) is 0 Å². The summed E-state index contributed by atoms with van der Waals surface area (Å²) >= 11 is 3.30. The highest BCUT2D eigenvalue weighted by molar-refractivity contribution is 9.10. The molecule has 1 saturated carbocycles. The number of rotatable bonds is 2. The van der Waals surface area contributed by atoms with E-state index in [0.29, 0.717) is 22.4 Å². The fourth-order valence-corrected chi connectivity index (χ4v) is 2.37. The average molecular weight is 286 g/mol. The number of ether oxygens (including phenoxy) is 2. The van der Waals surface area contributed by atoms with E-state index in [1.807, 2.05) is 0 Å². The van der Waals surface area contributed by atoms with Crippen LogP contribution >= 0.6 is 15.9 Å². The number of phenols is 1. The minimum absolute atomic E-state index is 0.169. The molecule has 3 N–H and O–H groups in total. The maximum absolute atomic E-state index is 10.0. The van der Waals surface area contributed by atoms with E-state index in [2.05, 4.69) is 15.9 Å². The van der Waals surface area contributed by atoms with Gasteiger partial charge in [-0.3, -0.25) is 0 Å². The third-order valence-corrected chi connectivity index (χ3v) is 3.71. The van der Waals surface area contributed by atoms with Crippen LogP contribution in [0.1, 0.15) is 18.4 Å². The molecule has 0 aromatic heterocycles. The third kappa shape index (κ3) is 1.55. The van der Waals surface area contributed by atoms with Gasteiger partial charge in [-0.05, 0) is 35.2 Å². The number of nitrogens with two attached hydrogens (primary N) is 1. The highest BCUT2D eigenvalue weighted by atomic mass is 79.9. The lowest BCUT2D eigenvalue weighted by molar-refractivity contribution is 0.173. The van der Waals surface area contributed by atoms with Crippen molar-refractivity contribution in [2.75, 3.05) is 6.79 Å². The van der Waals surface area contributed by atoms with Crippen LogP contribution in [-0.4, -0.2) is 17.4 Å². The molecule has 1 heterocycles. The molecule has 0 radical (unpaired) electrons. The fourth-order valence-electron chi connectivity index (χ4n) is 1.92. The zero-order chi connectivity index (χ0) is 11.3. The van der Waals surface area contributed by atoms with Gasteiger partial charge in [0.2, 0.25) is 6.79 Å². The summed E-state index contributed by atoms with van der Waals surface area (Å²) in [5.74, 6) is 1.52. The van der Waals surface area contributed by atoms with Gasteiger partial charge in [-0.25, -0.2) is 0 Å². The normalized spacial score (nSPS) is 19.9. The number of benzene rings is 1. The Morgan fingerprint density at radius 1 is 1.44 bits per heavy atom. The molecule has 1 fully saturated rings. The first-order valence-electron chi connectivity index (χ1n) is 5.18. The van der Waals surface area contributed by atoms with Gasteiger partial charge in [0.25, 0.3) is 0 Å². The molecule has 0 bridgehead atoms. The molecule has 1 aromatic rings. The molecule has 86 valence electrons. The minimum atomic E-state index is -0.169. The number of fused-ring (bicyclic) bond motifs is 1. The average Bonchev–Trinajstić information content (AvgIpc) is 2.77.